The maximum atomic E-state index is 6.55. The Balaban J connectivity index is 1.10. The van der Waals surface area contributed by atoms with Gasteiger partial charge in [0.15, 0.2) is 0 Å². The van der Waals surface area contributed by atoms with E-state index >= 15 is 0 Å². The molecule has 0 radical (unpaired) electrons. The Bertz CT molecular complexity index is 3020. The lowest BCUT2D eigenvalue weighted by Crippen LogP contribution is -2.16. The minimum Gasteiger partial charge on any atom is -0.456 e. The Labute approximate surface area is 282 Å². The van der Waals surface area contributed by atoms with E-state index in [1.54, 1.807) is 0 Å². The summed E-state index contributed by atoms with van der Waals surface area (Å²) < 4.78 is 12.9. The lowest BCUT2D eigenvalue weighted by molar-refractivity contribution is 0.666. The molecule has 10 aromatic rings. The van der Waals surface area contributed by atoms with Gasteiger partial charge in [0.25, 0.3) is 0 Å². The molecule has 1 aliphatic carbocycles. The van der Waals surface area contributed by atoms with Crippen LogP contribution < -0.4 is 0 Å². The summed E-state index contributed by atoms with van der Waals surface area (Å²) in [6.07, 6.45) is 0. The molecule has 0 amide bonds. The summed E-state index contributed by atoms with van der Waals surface area (Å²) in [5.41, 5.74) is 13.7. The zero-order valence-electron chi connectivity index (χ0n) is 27.2. The lowest BCUT2D eigenvalue weighted by atomic mass is 9.78. The van der Waals surface area contributed by atoms with Crippen LogP contribution in [0.4, 0.5) is 0 Å². The van der Waals surface area contributed by atoms with Gasteiger partial charge in [-0.05, 0) is 97.1 Å². The zero-order chi connectivity index (χ0) is 32.4. The lowest BCUT2D eigenvalue weighted by Gasteiger charge is -2.25. The van der Waals surface area contributed by atoms with E-state index in [1.165, 1.54) is 66.1 Å². The number of para-hydroxylation sites is 1. The maximum Gasteiger partial charge on any atom is 0.143 e. The van der Waals surface area contributed by atoms with Gasteiger partial charge in [-0.2, -0.15) is 0 Å². The average molecular weight is 627 g/mol. The minimum absolute atomic E-state index is 0.220. The van der Waals surface area contributed by atoms with E-state index in [1.807, 2.05) is 12.1 Å². The smallest absolute Gasteiger partial charge is 0.143 e. The van der Waals surface area contributed by atoms with Gasteiger partial charge < -0.3 is 8.83 Å². The SMILES string of the molecule is CC1(C)c2cc(-c3cccc4oc5c6ccccc6ccc5c34)ccc2-c2ccc3cccc(-c4ccc5c(c4)oc4ccccc45)c3c21. The summed E-state index contributed by atoms with van der Waals surface area (Å²) in [4.78, 5) is 0. The first kappa shape index (κ1) is 26.9. The van der Waals surface area contributed by atoms with Crippen LogP contribution in [0.15, 0.2) is 154 Å². The molecule has 0 bridgehead atoms. The van der Waals surface area contributed by atoms with Gasteiger partial charge in [-0.3, -0.25) is 0 Å². The maximum absolute atomic E-state index is 6.55. The van der Waals surface area contributed by atoms with Gasteiger partial charge in [0.05, 0.1) is 0 Å². The monoisotopic (exact) mass is 626 g/mol. The topological polar surface area (TPSA) is 26.3 Å². The van der Waals surface area contributed by atoms with Gasteiger partial charge in [-0.15, -0.1) is 0 Å². The molecule has 0 aliphatic heterocycles. The van der Waals surface area contributed by atoms with E-state index in [0.717, 1.165) is 43.9 Å². The predicted octanol–water partition coefficient (Wildman–Crippen LogP) is 13.4. The molecule has 0 spiro atoms. The van der Waals surface area contributed by atoms with Crippen LogP contribution in [0.1, 0.15) is 25.0 Å². The number of hydrogen-bond acceptors (Lipinski definition) is 2. The van der Waals surface area contributed by atoms with Crippen LogP contribution in [0, 0.1) is 0 Å². The highest BCUT2D eigenvalue weighted by Crippen LogP contribution is 2.54. The Kier molecular flexibility index (Phi) is 5.21. The minimum atomic E-state index is -0.220. The highest BCUT2D eigenvalue weighted by atomic mass is 16.3. The summed E-state index contributed by atoms with van der Waals surface area (Å²) >= 11 is 0. The fourth-order valence-corrected chi connectivity index (χ4v) is 8.78. The van der Waals surface area contributed by atoms with Gasteiger partial charge in [0, 0.05) is 32.3 Å². The summed E-state index contributed by atoms with van der Waals surface area (Å²) in [7, 11) is 0. The van der Waals surface area contributed by atoms with E-state index in [4.69, 9.17) is 8.83 Å². The van der Waals surface area contributed by atoms with Crippen molar-refractivity contribution in [3.05, 3.63) is 157 Å². The van der Waals surface area contributed by atoms with Crippen LogP contribution in [0.3, 0.4) is 0 Å². The molecule has 230 valence electrons. The molecule has 0 atom stereocenters. The first-order chi connectivity index (χ1) is 24.0. The summed E-state index contributed by atoms with van der Waals surface area (Å²) in [6.45, 7) is 4.78. The molecule has 2 aromatic heterocycles. The van der Waals surface area contributed by atoms with Gasteiger partial charge in [-0.25, -0.2) is 0 Å². The molecule has 49 heavy (non-hydrogen) atoms. The first-order valence-electron chi connectivity index (χ1n) is 17.0. The van der Waals surface area contributed by atoms with E-state index in [-0.39, 0.29) is 5.41 Å². The number of rotatable bonds is 2. The van der Waals surface area contributed by atoms with Crippen LogP contribution in [0.25, 0.3) is 98.8 Å². The van der Waals surface area contributed by atoms with Crippen molar-refractivity contribution in [1.29, 1.82) is 0 Å². The molecule has 0 saturated heterocycles. The van der Waals surface area contributed by atoms with Gasteiger partial charge >= 0.3 is 0 Å². The molecule has 2 heteroatoms. The third-order valence-corrected chi connectivity index (χ3v) is 11.0. The number of benzene rings is 8. The molecule has 1 aliphatic rings. The van der Waals surface area contributed by atoms with Crippen LogP contribution in [0.2, 0.25) is 0 Å². The number of fused-ring (bicyclic) bond motifs is 13. The van der Waals surface area contributed by atoms with E-state index in [0.29, 0.717) is 0 Å². The number of hydrogen-bond donors (Lipinski definition) is 0. The molecule has 8 aromatic carbocycles. The third-order valence-electron chi connectivity index (χ3n) is 11.0. The molecular weight excluding hydrogens is 597 g/mol. The van der Waals surface area contributed by atoms with Gasteiger partial charge in [-0.1, -0.05) is 123 Å². The van der Waals surface area contributed by atoms with Crippen LogP contribution in [0.5, 0.6) is 0 Å². The van der Waals surface area contributed by atoms with E-state index < -0.39 is 0 Å². The van der Waals surface area contributed by atoms with Crippen molar-refractivity contribution in [2.45, 2.75) is 19.3 Å². The van der Waals surface area contributed by atoms with Crippen molar-refractivity contribution in [2.75, 3.05) is 0 Å². The largest absolute Gasteiger partial charge is 0.456 e. The Hall–Kier alpha value is -6.12. The van der Waals surface area contributed by atoms with E-state index in [9.17, 15) is 0 Å². The second kappa shape index (κ2) is 9.49. The Morgan fingerprint density at radius 1 is 0.408 bits per heavy atom. The second-order valence-electron chi connectivity index (χ2n) is 14.0. The van der Waals surface area contributed by atoms with Crippen LogP contribution >= 0.6 is 0 Å². The average Bonchev–Trinajstić information content (AvgIpc) is 3.78. The molecule has 2 heterocycles. The Morgan fingerprint density at radius 2 is 1.06 bits per heavy atom. The molecule has 0 unspecified atom stereocenters. The first-order valence-corrected chi connectivity index (χ1v) is 17.0. The fourth-order valence-electron chi connectivity index (χ4n) is 8.78. The molecule has 0 saturated carbocycles. The van der Waals surface area contributed by atoms with Crippen molar-refractivity contribution in [1.82, 2.24) is 0 Å². The highest BCUT2D eigenvalue weighted by molar-refractivity contribution is 6.19. The molecule has 0 N–H and O–H groups in total. The molecule has 2 nitrogen and oxygen atoms in total. The predicted molar refractivity (Wildman–Crippen MR) is 204 cm³/mol. The molecular formula is C47H30O2. The van der Waals surface area contributed by atoms with Crippen molar-refractivity contribution in [2.24, 2.45) is 0 Å². The van der Waals surface area contributed by atoms with Crippen molar-refractivity contribution in [3.8, 4) is 33.4 Å². The Morgan fingerprint density at radius 3 is 1.98 bits per heavy atom. The van der Waals surface area contributed by atoms with Gasteiger partial charge in [0.2, 0.25) is 0 Å². The van der Waals surface area contributed by atoms with Crippen LogP contribution in [-0.2, 0) is 5.41 Å². The van der Waals surface area contributed by atoms with Crippen molar-refractivity contribution >= 4 is 65.4 Å². The van der Waals surface area contributed by atoms with Crippen LogP contribution in [-0.4, -0.2) is 0 Å². The van der Waals surface area contributed by atoms with E-state index in [2.05, 4.69) is 147 Å². The standard InChI is InChI=1S/C47H30O2/c1-47(2)39-25-29(32-14-8-16-41-44(32)38-24-17-27-9-3-4-11-33(27)46(38)49-41)19-21-34(39)37-23-18-28-10-7-13-31(43(28)45(37)47)30-20-22-36-35-12-5-6-15-40(35)48-42(36)26-30/h3-26H,1-2H3. The molecule has 0 fully saturated rings. The fraction of sp³-hybridized carbons (Fsp3) is 0.0638. The summed E-state index contributed by atoms with van der Waals surface area (Å²) in [5.74, 6) is 0. The second-order valence-corrected chi connectivity index (χ2v) is 14.0. The third kappa shape index (κ3) is 3.61. The van der Waals surface area contributed by atoms with Crippen molar-refractivity contribution in [3.63, 3.8) is 0 Å². The molecule has 11 rings (SSSR count). The van der Waals surface area contributed by atoms with Crippen molar-refractivity contribution < 1.29 is 8.83 Å². The quantitative estimate of drug-likeness (QED) is 0.191. The number of furan rings is 2. The normalized spacial score (nSPS) is 13.7. The van der Waals surface area contributed by atoms with Gasteiger partial charge in [0.1, 0.15) is 22.3 Å². The highest BCUT2D eigenvalue weighted by Gasteiger charge is 2.38. The zero-order valence-corrected chi connectivity index (χ0v) is 27.2. The summed E-state index contributed by atoms with van der Waals surface area (Å²) in [5, 5.41) is 9.54. The summed E-state index contributed by atoms with van der Waals surface area (Å²) in [6, 6.07) is 52.7.